The second-order valence-corrected chi connectivity index (χ2v) is 7.58. The van der Waals surface area contributed by atoms with Crippen LogP contribution in [0.25, 0.3) is 21.5 Å². The number of fused-ring (bicyclic) bond motifs is 2. The molecular weight excluding hydrogens is 378 g/mol. The first-order valence-electron chi connectivity index (χ1n) is 8.27. The van der Waals surface area contributed by atoms with Crippen LogP contribution >= 0.6 is 0 Å². The Bertz CT molecular complexity index is 1370. The van der Waals surface area contributed by atoms with Crippen LogP contribution in [0.5, 0.6) is 5.75 Å². The van der Waals surface area contributed by atoms with Crippen molar-refractivity contribution in [3.05, 3.63) is 66.7 Å². The van der Waals surface area contributed by atoms with Gasteiger partial charge >= 0.3 is 0 Å². The van der Waals surface area contributed by atoms with Crippen molar-refractivity contribution < 1.29 is 18.1 Å². The Morgan fingerprint density at radius 3 is 2.32 bits per heavy atom. The molecule has 0 heterocycles. The number of nitrogen functional groups attached to an aromatic ring is 1. The first-order chi connectivity index (χ1) is 13.4. The fourth-order valence-electron chi connectivity index (χ4n) is 3.11. The van der Waals surface area contributed by atoms with Gasteiger partial charge in [-0.15, -0.1) is 10.2 Å². The first-order valence-corrected chi connectivity index (χ1v) is 9.71. The summed E-state index contributed by atoms with van der Waals surface area (Å²) in [6, 6.07) is 18.3. The molecular formula is C20H15N3O4S. The fraction of sp³-hybridized carbons (Fsp3) is 0. The van der Waals surface area contributed by atoms with E-state index in [-0.39, 0.29) is 22.0 Å². The molecule has 0 spiro atoms. The number of phenols is 1. The van der Waals surface area contributed by atoms with Crippen molar-refractivity contribution in [1.29, 1.82) is 0 Å². The Balaban J connectivity index is 1.93. The quantitative estimate of drug-likeness (QED) is 0.258. The molecule has 28 heavy (non-hydrogen) atoms. The summed E-state index contributed by atoms with van der Waals surface area (Å²) in [4.78, 5) is -0.366. The number of azo groups is 1. The highest BCUT2D eigenvalue weighted by Gasteiger charge is 2.18. The second kappa shape index (κ2) is 6.59. The Morgan fingerprint density at radius 2 is 1.54 bits per heavy atom. The summed E-state index contributed by atoms with van der Waals surface area (Å²) in [5.41, 5.74) is 6.44. The van der Waals surface area contributed by atoms with Crippen LogP contribution in [0.2, 0.25) is 0 Å². The van der Waals surface area contributed by atoms with Crippen molar-refractivity contribution in [1.82, 2.24) is 0 Å². The van der Waals surface area contributed by atoms with E-state index in [1.54, 1.807) is 60.7 Å². The normalized spacial score (nSPS) is 12.2. The average Bonchev–Trinajstić information content (AvgIpc) is 2.66. The predicted octanol–water partition coefficient (Wildman–Crippen LogP) is 4.94. The van der Waals surface area contributed by atoms with Crippen molar-refractivity contribution in [2.24, 2.45) is 10.2 Å². The molecule has 0 aliphatic rings. The van der Waals surface area contributed by atoms with E-state index in [4.69, 9.17) is 5.73 Å². The van der Waals surface area contributed by atoms with Crippen molar-refractivity contribution in [3.8, 4) is 5.75 Å². The zero-order valence-electron chi connectivity index (χ0n) is 14.4. The zero-order chi connectivity index (χ0) is 19.9. The molecule has 0 aliphatic carbocycles. The maximum absolute atomic E-state index is 11.8. The van der Waals surface area contributed by atoms with E-state index in [2.05, 4.69) is 10.2 Å². The van der Waals surface area contributed by atoms with Crippen molar-refractivity contribution in [2.45, 2.75) is 4.90 Å². The van der Waals surface area contributed by atoms with Crippen LogP contribution in [0.4, 0.5) is 17.1 Å². The maximum atomic E-state index is 11.8. The van der Waals surface area contributed by atoms with Crippen molar-refractivity contribution in [2.75, 3.05) is 5.73 Å². The smallest absolute Gasteiger partial charge is 0.296 e. The van der Waals surface area contributed by atoms with Crippen LogP contribution in [0.3, 0.4) is 0 Å². The maximum Gasteiger partial charge on any atom is 0.296 e. The Morgan fingerprint density at radius 1 is 0.821 bits per heavy atom. The van der Waals surface area contributed by atoms with Crippen LogP contribution in [-0.2, 0) is 10.1 Å². The number of aromatic hydroxyl groups is 1. The molecule has 0 aromatic heterocycles. The molecule has 0 amide bonds. The molecule has 0 unspecified atom stereocenters. The van der Waals surface area contributed by atoms with E-state index in [9.17, 15) is 18.1 Å². The standard InChI is InChI=1S/C20H15N3O4S/c21-15-7-3-5-13-8-10-16(20(24)18(13)15)22-23-19-14-6-2-1-4-12(14)9-11-17(19)28(25,26)27/h1-11,24H,21H2,(H,25,26,27). The highest BCUT2D eigenvalue weighted by atomic mass is 32.2. The third-order valence-electron chi connectivity index (χ3n) is 4.43. The van der Waals surface area contributed by atoms with E-state index in [0.29, 0.717) is 16.5 Å². The minimum atomic E-state index is -4.52. The molecule has 4 N–H and O–H groups in total. The molecule has 4 aromatic rings. The highest BCUT2D eigenvalue weighted by molar-refractivity contribution is 7.86. The van der Waals surface area contributed by atoms with Gasteiger partial charge in [0.2, 0.25) is 0 Å². The molecule has 4 rings (SSSR count). The van der Waals surface area contributed by atoms with Crippen LogP contribution < -0.4 is 5.73 Å². The lowest BCUT2D eigenvalue weighted by atomic mass is 10.1. The predicted molar refractivity (Wildman–Crippen MR) is 108 cm³/mol. The summed E-state index contributed by atoms with van der Waals surface area (Å²) in [7, 11) is -4.52. The number of anilines is 1. The summed E-state index contributed by atoms with van der Waals surface area (Å²) in [6.07, 6.45) is 0. The molecule has 0 aliphatic heterocycles. The van der Waals surface area contributed by atoms with Gasteiger partial charge in [-0.1, -0.05) is 48.5 Å². The third-order valence-corrected chi connectivity index (χ3v) is 5.31. The van der Waals surface area contributed by atoms with Crippen LogP contribution in [0.1, 0.15) is 0 Å². The number of hydrogen-bond acceptors (Lipinski definition) is 6. The molecule has 0 saturated heterocycles. The molecule has 0 saturated carbocycles. The number of phenolic OH excluding ortho intramolecular Hbond substituents is 1. The SMILES string of the molecule is Nc1cccc2ccc(N=Nc3c(S(=O)(=O)O)ccc4ccccc34)c(O)c12. The van der Waals surface area contributed by atoms with Gasteiger partial charge in [0.05, 0.1) is 0 Å². The molecule has 0 atom stereocenters. The lowest BCUT2D eigenvalue weighted by molar-refractivity contribution is 0.482. The molecule has 7 nitrogen and oxygen atoms in total. The summed E-state index contributed by atoms with van der Waals surface area (Å²) >= 11 is 0. The topological polar surface area (TPSA) is 125 Å². The lowest BCUT2D eigenvalue weighted by Crippen LogP contribution is -1.98. The first kappa shape index (κ1) is 17.9. The molecule has 0 bridgehead atoms. The largest absolute Gasteiger partial charge is 0.505 e. The Hall–Kier alpha value is -3.49. The Labute approximate surface area is 160 Å². The number of benzene rings is 4. The van der Waals surface area contributed by atoms with Crippen molar-refractivity contribution in [3.63, 3.8) is 0 Å². The summed E-state index contributed by atoms with van der Waals surface area (Å²) in [5.74, 6) is -0.159. The summed E-state index contributed by atoms with van der Waals surface area (Å²) in [5, 5.41) is 21.0. The van der Waals surface area contributed by atoms with E-state index in [1.807, 2.05) is 0 Å². The minimum Gasteiger partial charge on any atom is -0.505 e. The summed E-state index contributed by atoms with van der Waals surface area (Å²) < 4.78 is 33.1. The van der Waals surface area contributed by atoms with Gasteiger partial charge in [-0.25, -0.2) is 0 Å². The average molecular weight is 393 g/mol. The second-order valence-electron chi connectivity index (χ2n) is 6.19. The van der Waals surface area contributed by atoms with E-state index in [0.717, 1.165) is 10.8 Å². The van der Waals surface area contributed by atoms with Crippen LogP contribution in [0.15, 0.2) is 81.9 Å². The van der Waals surface area contributed by atoms with Gasteiger partial charge in [-0.3, -0.25) is 4.55 Å². The van der Waals surface area contributed by atoms with E-state index in [1.165, 1.54) is 6.07 Å². The molecule has 8 heteroatoms. The molecule has 140 valence electrons. The van der Waals surface area contributed by atoms with E-state index >= 15 is 0 Å². The molecule has 0 fully saturated rings. The minimum absolute atomic E-state index is 0.0128. The van der Waals surface area contributed by atoms with Gasteiger partial charge in [-0.2, -0.15) is 8.42 Å². The van der Waals surface area contributed by atoms with Gasteiger partial charge in [-0.05, 0) is 29.0 Å². The number of hydrogen-bond donors (Lipinski definition) is 3. The highest BCUT2D eigenvalue weighted by Crippen LogP contribution is 2.40. The number of nitrogens with zero attached hydrogens (tertiary/aromatic N) is 2. The van der Waals surface area contributed by atoms with Gasteiger partial charge in [0.25, 0.3) is 10.1 Å². The lowest BCUT2D eigenvalue weighted by Gasteiger charge is -2.08. The number of rotatable bonds is 3. The van der Waals surface area contributed by atoms with Gasteiger partial charge in [0.1, 0.15) is 16.3 Å². The van der Waals surface area contributed by atoms with Crippen LogP contribution in [-0.4, -0.2) is 18.1 Å². The van der Waals surface area contributed by atoms with Gasteiger partial charge in [0, 0.05) is 16.5 Å². The monoisotopic (exact) mass is 393 g/mol. The Kier molecular flexibility index (Phi) is 4.21. The van der Waals surface area contributed by atoms with E-state index < -0.39 is 10.1 Å². The van der Waals surface area contributed by atoms with Gasteiger partial charge in [0.15, 0.2) is 5.75 Å². The van der Waals surface area contributed by atoms with Gasteiger partial charge < -0.3 is 10.8 Å². The van der Waals surface area contributed by atoms with Crippen LogP contribution in [0, 0.1) is 0 Å². The molecule has 0 radical (unpaired) electrons. The zero-order valence-corrected chi connectivity index (χ0v) is 15.3. The molecule has 4 aromatic carbocycles. The fourth-order valence-corrected chi connectivity index (χ4v) is 3.74. The third kappa shape index (κ3) is 3.04. The summed E-state index contributed by atoms with van der Waals surface area (Å²) in [6.45, 7) is 0. The van der Waals surface area contributed by atoms with Crippen molar-refractivity contribution >= 4 is 48.7 Å². The number of nitrogens with two attached hydrogens (primary N) is 1.